The minimum atomic E-state index is -0.897. The lowest BCUT2D eigenvalue weighted by Gasteiger charge is -2.31. The number of benzene rings is 3. The summed E-state index contributed by atoms with van der Waals surface area (Å²) in [5, 5.41) is 7.60. The number of aromatic nitrogens is 4. The zero-order valence-electron chi connectivity index (χ0n) is 35.7. The first-order valence-corrected chi connectivity index (χ1v) is 21.1. The van der Waals surface area contributed by atoms with Crippen LogP contribution in [0.2, 0.25) is 0 Å². The molecule has 61 heavy (non-hydrogen) atoms. The molecule has 15 heteroatoms. The van der Waals surface area contributed by atoms with Crippen LogP contribution in [-0.2, 0) is 23.8 Å². The number of ether oxygens (including phenoxy) is 3. The summed E-state index contributed by atoms with van der Waals surface area (Å²) in [6.07, 6.45) is 6.48. The summed E-state index contributed by atoms with van der Waals surface area (Å²) in [6, 6.07) is 19.0. The number of amides is 4. The molecule has 2 aliphatic rings. The van der Waals surface area contributed by atoms with Gasteiger partial charge in [-0.3, -0.25) is 9.59 Å². The van der Waals surface area contributed by atoms with Gasteiger partial charge in [-0.2, -0.15) is 0 Å². The van der Waals surface area contributed by atoms with Crippen LogP contribution in [0.15, 0.2) is 73.1 Å². The quantitative estimate of drug-likeness (QED) is 0.0879. The first kappa shape index (κ1) is 42.9. The average Bonchev–Trinajstić information content (AvgIpc) is 4.14. The first-order chi connectivity index (χ1) is 29.6. The molecule has 0 radical (unpaired) electrons. The van der Waals surface area contributed by atoms with Crippen LogP contribution in [0.3, 0.4) is 0 Å². The Bertz CT molecular complexity index is 2340. The fourth-order valence-corrected chi connectivity index (χ4v) is 8.76. The number of aromatic amines is 2. The van der Waals surface area contributed by atoms with E-state index in [1.54, 1.807) is 18.0 Å². The van der Waals surface area contributed by atoms with E-state index in [0.29, 0.717) is 18.9 Å². The Morgan fingerprint density at radius 1 is 0.672 bits per heavy atom. The third-order valence-electron chi connectivity index (χ3n) is 12.4. The van der Waals surface area contributed by atoms with Gasteiger partial charge in [0.25, 0.3) is 0 Å². The number of likely N-dealkylation sites (tertiary alicyclic amines) is 2. The summed E-state index contributed by atoms with van der Waals surface area (Å²) in [6.45, 7) is 6.94. The summed E-state index contributed by atoms with van der Waals surface area (Å²) in [5.74, 6) is 1.07. The van der Waals surface area contributed by atoms with E-state index in [1.807, 2.05) is 24.9 Å². The maximum Gasteiger partial charge on any atom is 0.407 e. The molecule has 5 atom stereocenters. The van der Waals surface area contributed by atoms with E-state index >= 15 is 0 Å². The number of alkyl carbamates (subject to hydrolysis) is 2. The van der Waals surface area contributed by atoms with E-state index in [2.05, 4.69) is 81.3 Å². The number of hydrogen-bond donors (Lipinski definition) is 4. The largest absolute Gasteiger partial charge is 0.453 e. The molecule has 4 amide bonds. The van der Waals surface area contributed by atoms with Gasteiger partial charge in [-0.25, -0.2) is 19.6 Å². The Labute approximate surface area is 355 Å². The van der Waals surface area contributed by atoms with Crippen LogP contribution >= 0.6 is 0 Å². The number of hydrogen-bond acceptors (Lipinski definition) is 9. The Hall–Kier alpha value is -6.22. The molecule has 2 fully saturated rings. The lowest BCUT2D eigenvalue weighted by molar-refractivity contribution is -0.137. The second kappa shape index (κ2) is 19.0. The molecule has 0 aliphatic carbocycles. The predicted molar refractivity (Wildman–Crippen MR) is 231 cm³/mol. The summed E-state index contributed by atoms with van der Waals surface area (Å²) in [5.41, 5.74) is 5.84. The van der Waals surface area contributed by atoms with Crippen molar-refractivity contribution < 1.29 is 33.4 Å². The second-order valence-corrected chi connectivity index (χ2v) is 15.8. The monoisotopic (exact) mass is 832 g/mol. The van der Waals surface area contributed by atoms with Crippen molar-refractivity contribution in [2.45, 2.75) is 89.6 Å². The van der Waals surface area contributed by atoms with Crippen LogP contribution in [0.25, 0.3) is 44.4 Å². The fourth-order valence-electron chi connectivity index (χ4n) is 8.76. The van der Waals surface area contributed by atoms with E-state index in [1.165, 1.54) is 21.3 Å². The standard InChI is InChI=1S/C46H56N8O7/c1-7-28(8-2)40(52-46(58)61-6)44(56)54-22-10-12-38(54)41-47-25-35(49-41)30-15-13-29(14-16-30)31-17-18-33-24-34(20-19-32(33)23-31)36-26-48-42(50-36)37-11-9-21-53(37)43(55)39(27(3)59-4)51-45(57)60-5/h13-20,23-28,37-40H,7-12,21-22H2,1-6H3,(H,47,49)(H,48,50)(H,51,57)(H,52,58). The van der Waals surface area contributed by atoms with E-state index in [4.69, 9.17) is 24.2 Å². The number of methoxy groups -OCH3 is 3. The summed E-state index contributed by atoms with van der Waals surface area (Å²) in [4.78, 5) is 71.8. The van der Waals surface area contributed by atoms with Crippen molar-refractivity contribution in [1.29, 1.82) is 0 Å². The van der Waals surface area contributed by atoms with Crippen molar-refractivity contribution in [1.82, 2.24) is 40.4 Å². The maximum absolute atomic E-state index is 13.9. The number of H-pyrrole nitrogens is 2. The van der Waals surface area contributed by atoms with Gasteiger partial charge in [-0.05, 0) is 78.1 Å². The minimum absolute atomic E-state index is 0.00506. The van der Waals surface area contributed by atoms with Gasteiger partial charge in [0.2, 0.25) is 11.8 Å². The average molecular weight is 833 g/mol. The van der Waals surface area contributed by atoms with E-state index in [9.17, 15) is 19.2 Å². The van der Waals surface area contributed by atoms with Crippen molar-refractivity contribution in [3.8, 4) is 33.6 Å². The molecule has 15 nitrogen and oxygen atoms in total. The summed E-state index contributed by atoms with van der Waals surface area (Å²) >= 11 is 0. The molecular formula is C46H56N8O7. The van der Waals surface area contributed by atoms with Gasteiger partial charge in [0, 0.05) is 25.8 Å². The molecular weight excluding hydrogens is 777 g/mol. The number of carbonyl (C=O) groups excluding carboxylic acids is 4. The van der Waals surface area contributed by atoms with Crippen LogP contribution in [-0.4, -0.2) is 106 Å². The molecule has 2 aromatic heterocycles. The molecule has 0 bridgehead atoms. The molecule has 5 unspecified atom stereocenters. The van der Waals surface area contributed by atoms with E-state index in [0.717, 1.165) is 88.8 Å². The van der Waals surface area contributed by atoms with Crippen LogP contribution in [0.5, 0.6) is 0 Å². The SMILES string of the molecule is CCC(CC)C(NC(=O)OC)C(=O)N1CCCC1c1ncc(-c2ccc(-c3ccc4cc(-c5cnc(C6CCCN6C(=O)C(NC(=O)OC)C(C)OC)[nH]5)ccc4c3)cc2)[nH]1. The van der Waals surface area contributed by atoms with Crippen molar-refractivity contribution >= 4 is 34.8 Å². The van der Waals surface area contributed by atoms with E-state index < -0.39 is 30.4 Å². The molecule has 322 valence electrons. The van der Waals surface area contributed by atoms with Crippen LogP contribution in [0.1, 0.15) is 83.0 Å². The lowest BCUT2D eigenvalue weighted by atomic mass is 9.93. The van der Waals surface area contributed by atoms with Gasteiger partial charge < -0.3 is 44.6 Å². The number of imidazole rings is 2. The van der Waals surface area contributed by atoms with Gasteiger partial charge >= 0.3 is 12.2 Å². The smallest absolute Gasteiger partial charge is 0.407 e. The van der Waals surface area contributed by atoms with Gasteiger partial charge in [-0.15, -0.1) is 0 Å². The van der Waals surface area contributed by atoms with Gasteiger partial charge in [0.05, 0.1) is 56.2 Å². The molecule has 4 N–H and O–H groups in total. The fraction of sp³-hybridized carbons (Fsp3) is 0.435. The Morgan fingerprint density at radius 3 is 1.66 bits per heavy atom. The zero-order valence-corrected chi connectivity index (χ0v) is 35.7. The molecule has 2 saturated heterocycles. The summed E-state index contributed by atoms with van der Waals surface area (Å²) in [7, 11) is 4.07. The molecule has 0 saturated carbocycles. The highest BCUT2D eigenvalue weighted by atomic mass is 16.5. The third-order valence-corrected chi connectivity index (χ3v) is 12.4. The Morgan fingerprint density at radius 2 is 1.13 bits per heavy atom. The highest BCUT2D eigenvalue weighted by Crippen LogP contribution is 2.36. The number of carbonyl (C=O) groups is 4. The van der Waals surface area contributed by atoms with Gasteiger partial charge in [0.1, 0.15) is 23.7 Å². The number of nitrogens with one attached hydrogen (secondary N) is 4. The normalized spacial score (nSPS) is 18.0. The molecule has 5 aromatic rings. The lowest BCUT2D eigenvalue weighted by Crippen LogP contribution is -2.54. The van der Waals surface area contributed by atoms with Gasteiger partial charge in [-0.1, -0.05) is 75.2 Å². The minimum Gasteiger partial charge on any atom is -0.453 e. The van der Waals surface area contributed by atoms with Crippen LogP contribution < -0.4 is 10.6 Å². The molecule has 2 aliphatic heterocycles. The number of fused-ring (bicyclic) bond motifs is 1. The summed E-state index contributed by atoms with van der Waals surface area (Å²) < 4.78 is 15.0. The molecule has 0 spiro atoms. The Kier molecular flexibility index (Phi) is 13.4. The van der Waals surface area contributed by atoms with Crippen molar-refractivity contribution in [2.75, 3.05) is 34.4 Å². The van der Waals surface area contributed by atoms with Gasteiger partial charge in [0.15, 0.2) is 0 Å². The number of nitrogens with zero attached hydrogens (tertiary/aromatic N) is 4. The highest BCUT2D eigenvalue weighted by Gasteiger charge is 2.40. The number of rotatable bonds is 14. The topological polar surface area (TPSA) is 184 Å². The molecule has 7 rings (SSSR count). The zero-order chi connectivity index (χ0) is 43.2. The second-order valence-electron chi connectivity index (χ2n) is 15.8. The molecule has 3 aromatic carbocycles. The molecule has 4 heterocycles. The van der Waals surface area contributed by atoms with Crippen LogP contribution in [0.4, 0.5) is 9.59 Å². The maximum atomic E-state index is 13.9. The van der Waals surface area contributed by atoms with Crippen molar-refractivity contribution in [2.24, 2.45) is 5.92 Å². The Balaban J connectivity index is 1.03. The van der Waals surface area contributed by atoms with E-state index in [-0.39, 0.29) is 29.8 Å². The van der Waals surface area contributed by atoms with Crippen LogP contribution in [0, 0.1) is 5.92 Å². The first-order valence-electron chi connectivity index (χ1n) is 21.1. The van der Waals surface area contributed by atoms with Crippen molar-refractivity contribution in [3.63, 3.8) is 0 Å². The third kappa shape index (κ3) is 9.11. The highest BCUT2D eigenvalue weighted by molar-refractivity contribution is 5.91. The predicted octanol–water partition coefficient (Wildman–Crippen LogP) is 7.53. The van der Waals surface area contributed by atoms with Crippen molar-refractivity contribution in [3.05, 3.63) is 84.7 Å².